The number of benzene rings is 1. The average Bonchev–Trinajstić information content (AvgIpc) is 3.10. The molecule has 0 spiro atoms. The topological polar surface area (TPSA) is 119 Å². The maximum Gasteiger partial charge on any atom is 0.150 e. The summed E-state index contributed by atoms with van der Waals surface area (Å²) in [5, 5.41) is 0. The lowest BCUT2D eigenvalue weighted by molar-refractivity contribution is -0.0267. The van der Waals surface area contributed by atoms with Gasteiger partial charge in [0.1, 0.15) is 18.6 Å². The molecule has 274 valence electrons. The van der Waals surface area contributed by atoms with Crippen molar-refractivity contribution >= 4 is 6.29 Å². The molecule has 0 aromatic heterocycles. The number of rotatable bonds is 39. The Morgan fingerprint density at radius 1 is 0.383 bits per heavy atom. The molecule has 0 heterocycles. The number of ether oxygens (including phenoxy) is 11. The van der Waals surface area contributed by atoms with Crippen molar-refractivity contribution < 1.29 is 56.9 Å². The standard InChI is InChI=1S/C35H62O12/c1-2-3-4-5-6-7-12-37-13-14-38-15-16-39-17-18-40-19-20-41-21-22-42-23-24-43-25-26-44-27-28-45-29-30-46-31-32-47-35-10-8-34(33-36)9-11-35/h8-11,33H,2-7,12-32H2,1H3. The van der Waals surface area contributed by atoms with Gasteiger partial charge in [-0.1, -0.05) is 39.0 Å². The van der Waals surface area contributed by atoms with E-state index in [-0.39, 0.29) is 0 Å². The first kappa shape index (κ1) is 43.3. The quantitative estimate of drug-likeness (QED) is 0.0728. The minimum atomic E-state index is 0.433. The Bertz CT molecular complexity index is 753. The number of carbonyl (C=O) groups excluding carboxylic acids is 1. The van der Waals surface area contributed by atoms with Crippen LogP contribution in [-0.2, 0) is 47.4 Å². The van der Waals surface area contributed by atoms with E-state index in [0.717, 1.165) is 19.3 Å². The monoisotopic (exact) mass is 674 g/mol. The van der Waals surface area contributed by atoms with Crippen molar-refractivity contribution in [1.82, 2.24) is 0 Å². The van der Waals surface area contributed by atoms with Crippen molar-refractivity contribution in [2.24, 2.45) is 0 Å². The first-order valence-electron chi connectivity index (χ1n) is 17.3. The minimum Gasteiger partial charge on any atom is -0.491 e. The molecule has 0 saturated heterocycles. The van der Waals surface area contributed by atoms with Gasteiger partial charge in [-0.3, -0.25) is 4.79 Å². The lowest BCUT2D eigenvalue weighted by Gasteiger charge is -2.09. The molecular weight excluding hydrogens is 612 g/mol. The Hall–Kier alpha value is -1.71. The molecule has 0 aliphatic carbocycles. The first-order chi connectivity index (χ1) is 23.4. The van der Waals surface area contributed by atoms with Gasteiger partial charge >= 0.3 is 0 Å². The molecule has 1 aromatic rings. The molecule has 0 atom stereocenters. The second-order valence-electron chi connectivity index (χ2n) is 10.4. The van der Waals surface area contributed by atoms with Gasteiger partial charge in [-0.2, -0.15) is 0 Å². The number of unbranched alkanes of at least 4 members (excludes halogenated alkanes) is 5. The van der Waals surface area contributed by atoms with Crippen molar-refractivity contribution in [1.29, 1.82) is 0 Å². The van der Waals surface area contributed by atoms with Crippen LogP contribution in [-0.4, -0.2) is 145 Å². The van der Waals surface area contributed by atoms with Gasteiger partial charge < -0.3 is 52.1 Å². The molecule has 1 aromatic carbocycles. The summed E-state index contributed by atoms with van der Waals surface area (Å²) in [5.74, 6) is 0.707. The Balaban J connectivity index is 1.63. The van der Waals surface area contributed by atoms with Gasteiger partial charge in [0, 0.05) is 12.2 Å². The molecule has 0 radical (unpaired) electrons. The zero-order valence-electron chi connectivity index (χ0n) is 28.9. The fourth-order valence-electron chi connectivity index (χ4n) is 3.93. The van der Waals surface area contributed by atoms with Crippen LogP contribution >= 0.6 is 0 Å². The molecule has 0 bridgehead atoms. The molecule has 47 heavy (non-hydrogen) atoms. The lowest BCUT2D eigenvalue weighted by Crippen LogP contribution is -2.15. The van der Waals surface area contributed by atoms with Crippen molar-refractivity contribution in [3.63, 3.8) is 0 Å². The predicted octanol–water partition coefficient (Wildman–Crippen LogP) is 4.40. The van der Waals surface area contributed by atoms with Crippen LogP contribution in [0.5, 0.6) is 5.75 Å². The smallest absolute Gasteiger partial charge is 0.150 e. The summed E-state index contributed by atoms with van der Waals surface area (Å²) < 4.78 is 60.5. The second-order valence-corrected chi connectivity index (χ2v) is 10.4. The van der Waals surface area contributed by atoms with Crippen LogP contribution in [0.4, 0.5) is 0 Å². The number of hydrogen-bond acceptors (Lipinski definition) is 12. The highest BCUT2D eigenvalue weighted by molar-refractivity contribution is 5.74. The van der Waals surface area contributed by atoms with E-state index in [1.54, 1.807) is 24.3 Å². The largest absolute Gasteiger partial charge is 0.491 e. The normalized spacial score (nSPS) is 11.3. The predicted molar refractivity (Wildman–Crippen MR) is 179 cm³/mol. The highest BCUT2D eigenvalue weighted by atomic mass is 16.6. The van der Waals surface area contributed by atoms with Crippen LogP contribution in [0.25, 0.3) is 0 Å². The van der Waals surface area contributed by atoms with Crippen molar-refractivity contribution in [2.75, 3.05) is 139 Å². The zero-order chi connectivity index (χ0) is 33.6. The minimum absolute atomic E-state index is 0.433. The van der Waals surface area contributed by atoms with Gasteiger partial charge in [0.05, 0.1) is 126 Å². The average molecular weight is 675 g/mol. The third kappa shape index (κ3) is 32.6. The highest BCUT2D eigenvalue weighted by Crippen LogP contribution is 2.10. The van der Waals surface area contributed by atoms with Gasteiger partial charge in [-0.05, 0) is 30.7 Å². The SMILES string of the molecule is CCCCCCCCOCCOCCOCCOCCOCCOCCOCCOCCOCCOCCOc1ccc(C=O)cc1. The van der Waals surface area contributed by atoms with Crippen LogP contribution in [0.15, 0.2) is 24.3 Å². The Kier molecular flexibility index (Phi) is 34.2. The van der Waals surface area contributed by atoms with Crippen molar-refractivity contribution in [2.45, 2.75) is 45.4 Å². The third-order valence-electron chi connectivity index (χ3n) is 6.50. The van der Waals surface area contributed by atoms with E-state index in [1.165, 1.54) is 32.1 Å². The lowest BCUT2D eigenvalue weighted by atomic mass is 10.1. The first-order valence-corrected chi connectivity index (χ1v) is 17.3. The van der Waals surface area contributed by atoms with E-state index in [9.17, 15) is 4.79 Å². The van der Waals surface area contributed by atoms with Crippen LogP contribution in [0.2, 0.25) is 0 Å². The third-order valence-corrected chi connectivity index (χ3v) is 6.50. The van der Waals surface area contributed by atoms with E-state index >= 15 is 0 Å². The van der Waals surface area contributed by atoms with Crippen LogP contribution < -0.4 is 4.74 Å². The number of aldehydes is 1. The van der Waals surface area contributed by atoms with E-state index in [1.807, 2.05) is 0 Å². The van der Waals surface area contributed by atoms with Gasteiger partial charge in [-0.25, -0.2) is 0 Å². The molecule has 1 rings (SSSR count). The fourth-order valence-corrected chi connectivity index (χ4v) is 3.93. The van der Waals surface area contributed by atoms with Gasteiger partial charge in [0.25, 0.3) is 0 Å². The summed E-state index contributed by atoms with van der Waals surface area (Å²) in [6.07, 6.45) is 8.47. The van der Waals surface area contributed by atoms with E-state index < -0.39 is 0 Å². The molecule has 0 amide bonds. The number of hydrogen-bond donors (Lipinski definition) is 0. The van der Waals surface area contributed by atoms with Crippen LogP contribution in [0.3, 0.4) is 0 Å². The fraction of sp³-hybridized carbons (Fsp3) is 0.800. The molecule has 0 unspecified atom stereocenters. The van der Waals surface area contributed by atoms with Crippen molar-refractivity contribution in [3.05, 3.63) is 29.8 Å². The summed E-state index contributed by atoms with van der Waals surface area (Å²) in [7, 11) is 0. The second kappa shape index (κ2) is 37.1. The molecule has 0 aliphatic heterocycles. The molecule has 0 fully saturated rings. The van der Waals surface area contributed by atoms with Gasteiger partial charge in [0.15, 0.2) is 0 Å². The maximum absolute atomic E-state index is 10.6. The zero-order valence-corrected chi connectivity index (χ0v) is 28.9. The summed E-state index contributed by atoms with van der Waals surface area (Å²) in [6, 6.07) is 6.94. The molecule has 12 nitrogen and oxygen atoms in total. The summed E-state index contributed by atoms with van der Waals surface area (Å²) in [6.45, 7) is 13.5. The molecule has 12 heteroatoms. The Morgan fingerprint density at radius 3 is 1.02 bits per heavy atom. The van der Waals surface area contributed by atoms with E-state index in [4.69, 9.17) is 52.1 Å². The summed E-state index contributed by atoms with van der Waals surface area (Å²) >= 11 is 0. The molecule has 0 N–H and O–H groups in total. The van der Waals surface area contributed by atoms with Gasteiger partial charge in [-0.15, -0.1) is 0 Å². The Labute approximate surface area is 282 Å². The number of carbonyl (C=O) groups is 1. The van der Waals surface area contributed by atoms with Gasteiger partial charge in [0.2, 0.25) is 0 Å². The highest BCUT2D eigenvalue weighted by Gasteiger charge is 1.98. The summed E-state index contributed by atoms with van der Waals surface area (Å²) in [5.41, 5.74) is 0.620. The molecular formula is C35H62O12. The Morgan fingerprint density at radius 2 is 0.681 bits per heavy atom. The van der Waals surface area contributed by atoms with Crippen LogP contribution in [0.1, 0.15) is 55.8 Å². The molecule has 0 saturated carbocycles. The maximum atomic E-state index is 10.6. The van der Waals surface area contributed by atoms with E-state index in [0.29, 0.717) is 143 Å². The van der Waals surface area contributed by atoms with E-state index in [2.05, 4.69) is 6.92 Å². The molecule has 0 aliphatic rings. The summed E-state index contributed by atoms with van der Waals surface area (Å²) in [4.78, 5) is 10.6. The van der Waals surface area contributed by atoms with Crippen molar-refractivity contribution in [3.8, 4) is 5.75 Å². The van der Waals surface area contributed by atoms with Crippen LogP contribution in [0, 0.1) is 0 Å².